The van der Waals surface area contributed by atoms with Crippen LogP contribution in [0.4, 0.5) is 15.8 Å². The summed E-state index contributed by atoms with van der Waals surface area (Å²) in [5, 5.41) is 6.99. The van der Waals surface area contributed by atoms with Crippen molar-refractivity contribution in [2.75, 3.05) is 16.8 Å². The van der Waals surface area contributed by atoms with Gasteiger partial charge in [0.25, 0.3) is 0 Å². The number of nitrogens with one attached hydrogen (secondary N) is 2. The van der Waals surface area contributed by atoms with Crippen molar-refractivity contribution in [3.8, 4) is 0 Å². The molecule has 1 aliphatic carbocycles. The maximum atomic E-state index is 15.3. The molecule has 0 saturated carbocycles. The summed E-state index contributed by atoms with van der Waals surface area (Å²) >= 11 is 6.27. The molecular weight excluding hydrogens is 489 g/mol. The molecule has 0 spiro atoms. The molecule has 1 unspecified atom stereocenters. The van der Waals surface area contributed by atoms with E-state index < -0.39 is 11.9 Å². The Hall–Kier alpha value is -3.64. The van der Waals surface area contributed by atoms with Crippen molar-refractivity contribution in [2.24, 2.45) is 5.41 Å². The quantitative estimate of drug-likeness (QED) is 0.410. The van der Waals surface area contributed by atoms with Crippen molar-refractivity contribution >= 4 is 34.7 Å². The lowest BCUT2D eigenvalue weighted by Crippen LogP contribution is -2.42. The fourth-order valence-electron chi connectivity index (χ4n) is 5.29. The van der Waals surface area contributed by atoms with Gasteiger partial charge in [-0.3, -0.25) is 9.59 Å². The van der Waals surface area contributed by atoms with E-state index in [2.05, 4.69) is 24.5 Å². The van der Waals surface area contributed by atoms with Crippen molar-refractivity contribution in [1.29, 1.82) is 0 Å². The molecule has 190 valence electrons. The molecule has 0 aromatic heterocycles. The molecule has 1 heterocycles. The number of hydrogen-bond donors (Lipinski definition) is 2. The molecule has 2 N–H and O–H groups in total. The van der Waals surface area contributed by atoms with Crippen LogP contribution < -0.4 is 15.5 Å². The minimum absolute atomic E-state index is 0.0405. The van der Waals surface area contributed by atoms with Crippen molar-refractivity contribution in [3.05, 3.63) is 106 Å². The average Bonchev–Trinajstić information content (AvgIpc) is 2.98. The molecule has 7 heteroatoms. The van der Waals surface area contributed by atoms with Crippen molar-refractivity contribution in [3.63, 3.8) is 0 Å². The number of para-hydroxylation sites is 2. The van der Waals surface area contributed by atoms with Gasteiger partial charge in [0, 0.05) is 34.8 Å². The standard InChI is InChI=1S/C30H29ClFN3O2/c1-30(2)15-24-28(26(36)16-30)29(20-10-4-6-12-22(20)32)35(25-14-8-7-13-23(25)34-24)18-27(37)33-17-19-9-3-5-11-21(19)31/h3-14,29,34H,15-18H2,1-2H3,(H,33,37). The van der Waals surface area contributed by atoms with Crippen LogP contribution in [-0.2, 0) is 16.1 Å². The van der Waals surface area contributed by atoms with E-state index in [-0.39, 0.29) is 30.2 Å². The number of carbonyl (C=O) groups excluding carboxylic acids is 2. The molecular formula is C30H29ClFN3O2. The van der Waals surface area contributed by atoms with E-state index in [1.807, 2.05) is 47.4 Å². The molecule has 3 aromatic carbocycles. The lowest BCUT2D eigenvalue weighted by Gasteiger charge is -2.38. The Kier molecular flexibility index (Phi) is 6.78. The smallest absolute Gasteiger partial charge is 0.239 e. The number of hydrogen-bond acceptors (Lipinski definition) is 4. The number of Topliss-reactive ketones (excluding diaryl/α,β-unsaturated/α-hetero) is 1. The molecule has 0 fully saturated rings. The van der Waals surface area contributed by atoms with Gasteiger partial charge in [-0.05, 0) is 41.7 Å². The van der Waals surface area contributed by atoms with Crippen LogP contribution in [0.1, 0.15) is 43.9 Å². The second kappa shape index (κ2) is 10.0. The summed E-state index contributed by atoms with van der Waals surface area (Å²) in [6.45, 7) is 4.31. The SMILES string of the molecule is CC1(C)CC(=O)C2=C(C1)Nc1ccccc1N(CC(=O)NCc1ccccc1Cl)C2c1ccccc1F. The zero-order valence-corrected chi connectivity index (χ0v) is 21.6. The largest absolute Gasteiger partial charge is 0.357 e. The summed E-state index contributed by atoms with van der Waals surface area (Å²) in [6, 6.07) is 20.6. The molecule has 1 atom stereocenters. The minimum atomic E-state index is -0.762. The maximum Gasteiger partial charge on any atom is 0.239 e. The van der Waals surface area contributed by atoms with E-state index in [4.69, 9.17) is 11.6 Å². The van der Waals surface area contributed by atoms with E-state index in [0.717, 1.165) is 22.6 Å². The van der Waals surface area contributed by atoms with Crippen molar-refractivity contribution < 1.29 is 14.0 Å². The van der Waals surface area contributed by atoms with E-state index in [1.54, 1.807) is 24.3 Å². The number of ketones is 1. The van der Waals surface area contributed by atoms with Crippen LogP contribution >= 0.6 is 11.6 Å². The first-order valence-corrected chi connectivity index (χ1v) is 12.7. The van der Waals surface area contributed by atoms with Crippen LogP contribution in [0.5, 0.6) is 0 Å². The molecule has 3 aromatic rings. The first-order valence-electron chi connectivity index (χ1n) is 12.4. The van der Waals surface area contributed by atoms with E-state index in [1.165, 1.54) is 6.07 Å². The second-order valence-electron chi connectivity index (χ2n) is 10.4. The predicted molar refractivity (Wildman–Crippen MR) is 145 cm³/mol. The van der Waals surface area contributed by atoms with Gasteiger partial charge in [0.05, 0.1) is 24.0 Å². The van der Waals surface area contributed by atoms with Gasteiger partial charge >= 0.3 is 0 Å². The van der Waals surface area contributed by atoms with Gasteiger partial charge in [0.1, 0.15) is 5.82 Å². The van der Waals surface area contributed by atoms with Gasteiger partial charge < -0.3 is 15.5 Å². The molecule has 0 saturated heterocycles. The van der Waals surface area contributed by atoms with Crippen molar-refractivity contribution in [1.82, 2.24) is 5.32 Å². The summed E-state index contributed by atoms with van der Waals surface area (Å²) in [5.41, 5.74) is 3.72. The molecule has 5 nitrogen and oxygen atoms in total. The van der Waals surface area contributed by atoms with Gasteiger partial charge in [-0.25, -0.2) is 4.39 Å². The predicted octanol–water partition coefficient (Wildman–Crippen LogP) is 6.41. The number of fused-ring (bicyclic) bond motifs is 1. The lowest BCUT2D eigenvalue weighted by atomic mass is 9.73. The number of rotatable bonds is 5. The average molecular weight is 518 g/mol. The minimum Gasteiger partial charge on any atom is -0.357 e. The summed E-state index contributed by atoms with van der Waals surface area (Å²) in [6.07, 6.45) is 0.987. The van der Waals surface area contributed by atoms with Crippen LogP contribution in [0.3, 0.4) is 0 Å². The summed E-state index contributed by atoms with van der Waals surface area (Å²) in [5.74, 6) is -0.720. The summed E-state index contributed by atoms with van der Waals surface area (Å²) in [4.78, 5) is 28.8. The Balaban J connectivity index is 1.59. The van der Waals surface area contributed by atoms with Crippen molar-refractivity contribution in [2.45, 2.75) is 39.3 Å². The Bertz CT molecular complexity index is 1400. The third kappa shape index (κ3) is 5.12. The normalized spacial score (nSPS) is 18.4. The zero-order valence-electron chi connectivity index (χ0n) is 20.9. The zero-order chi connectivity index (χ0) is 26.2. The Morgan fingerprint density at radius 3 is 2.54 bits per heavy atom. The van der Waals surface area contributed by atoms with E-state index in [9.17, 15) is 9.59 Å². The molecule has 2 aliphatic rings. The number of halogens is 2. The van der Waals surface area contributed by atoms with E-state index in [0.29, 0.717) is 29.0 Å². The molecule has 0 bridgehead atoms. The highest BCUT2D eigenvalue weighted by molar-refractivity contribution is 6.31. The number of carbonyl (C=O) groups is 2. The fourth-order valence-corrected chi connectivity index (χ4v) is 5.50. The molecule has 37 heavy (non-hydrogen) atoms. The second-order valence-corrected chi connectivity index (χ2v) is 10.8. The van der Waals surface area contributed by atoms with E-state index >= 15 is 4.39 Å². The van der Waals surface area contributed by atoms with Gasteiger partial charge in [0.15, 0.2) is 5.78 Å². The van der Waals surface area contributed by atoms with Gasteiger partial charge in [-0.2, -0.15) is 0 Å². The summed E-state index contributed by atoms with van der Waals surface area (Å²) < 4.78 is 15.3. The molecule has 0 radical (unpaired) electrons. The number of benzene rings is 3. The maximum absolute atomic E-state index is 15.3. The number of amides is 1. The van der Waals surface area contributed by atoms with Gasteiger partial charge in [-0.1, -0.05) is 74.0 Å². The van der Waals surface area contributed by atoms with Crippen LogP contribution in [-0.4, -0.2) is 18.2 Å². The third-order valence-corrected chi connectivity index (χ3v) is 7.32. The Labute approximate surface area is 221 Å². The number of anilines is 2. The summed E-state index contributed by atoms with van der Waals surface area (Å²) in [7, 11) is 0. The van der Waals surface area contributed by atoms with Crippen LogP contribution in [0.15, 0.2) is 84.1 Å². The fraction of sp³-hybridized carbons (Fsp3) is 0.267. The number of nitrogens with zero attached hydrogens (tertiary/aromatic N) is 1. The first-order chi connectivity index (χ1) is 17.7. The monoisotopic (exact) mass is 517 g/mol. The molecule has 5 rings (SSSR count). The highest BCUT2D eigenvalue weighted by Crippen LogP contribution is 2.48. The Morgan fingerprint density at radius 1 is 1.05 bits per heavy atom. The lowest BCUT2D eigenvalue weighted by molar-refractivity contribution is -0.121. The Morgan fingerprint density at radius 2 is 1.76 bits per heavy atom. The van der Waals surface area contributed by atoms with Gasteiger partial charge in [0.2, 0.25) is 5.91 Å². The highest BCUT2D eigenvalue weighted by atomic mass is 35.5. The molecule has 1 aliphatic heterocycles. The number of allylic oxidation sites excluding steroid dienone is 1. The molecule has 1 amide bonds. The van der Waals surface area contributed by atoms with Crippen LogP contribution in [0, 0.1) is 11.2 Å². The topological polar surface area (TPSA) is 61.4 Å². The highest BCUT2D eigenvalue weighted by Gasteiger charge is 2.42. The first kappa shape index (κ1) is 25.0. The third-order valence-electron chi connectivity index (χ3n) is 6.95. The van der Waals surface area contributed by atoms with Crippen LogP contribution in [0.25, 0.3) is 0 Å². The van der Waals surface area contributed by atoms with Gasteiger partial charge in [-0.15, -0.1) is 0 Å². The van der Waals surface area contributed by atoms with Crippen LogP contribution in [0.2, 0.25) is 5.02 Å².